The number of rotatable bonds is 2. The van der Waals surface area contributed by atoms with Crippen LogP contribution in [0.2, 0.25) is 0 Å². The van der Waals surface area contributed by atoms with Crippen LogP contribution >= 0.6 is 12.4 Å². The molecule has 2 aliphatic heterocycles. The number of benzene rings is 1. The third-order valence-corrected chi connectivity index (χ3v) is 5.82. The Morgan fingerprint density at radius 2 is 1.79 bits per heavy atom. The minimum Gasteiger partial charge on any atom is -0.388 e. The molecule has 2 N–H and O–H groups in total. The van der Waals surface area contributed by atoms with Gasteiger partial charge in [0, 0.05) is 24.3 Å². The summed E-state index contributed by atoms with van der Waals surface area (Å²) < 4.78 is 45.6. The van der Waals surface area contributed by atoms with Gasteiger partial charge >= 0.3 is 11.9 Å². The van der Waals surface area contributed by atoms with Crippen LogP contribution in [0.1, 0.15) is 31.2 Å². The number of H-pyrrole nitrogens is 1. The molecule has 1 aromatic heterocycles. The Balaban J connectivity index is 0.00000225. The molecule has 6 nitrogen and oxygen atoms in total. The van der Waals surface area contributed by atoms with Crippen molar-refractivity contribution < 1.29 is 17.6 Å². The monoisotopic (exact) mass is 418 g/mol. The van der Waals surface area contributed by atoms with Crippen LogP contribution < -0.4 is 16.0 Å². The number of aromatic nitrogens is 2. The average molecular weight is 419 g/mol. The van der Waals surface area contributed by atoms with E-state index in [4.69, 9.17) is 4.42 Å². The molecule has 2 fully saturated rings. The molecule has 2 aliphatic rings. The minimum absolute atomic E-state index is 0. The first-order chi connectivity index (χ1) is 12.9. The van der Waals surface area contributed by atoms with Gasteiger partial charge in [0.05, 0.1) is 5.56 Å². The topological polar surface area (TPSA) is 74.2 Å². The van der Waals surface area contributed by atoms with E-state index in [1.165, 1.54) is 12.1 Å². The molecular weight excluding hydrogens is 397 g/mol. The normalized spacial score (nSPS) is 19.5. The highest BCUT2D eigenvalue weighted by atomic mass is 35.5. The molecule has 1 aromatic carbocycles. The molecule has 0 amide bonds. The standard InChI is InChI=1S/C18H21F3N4O2.ClH/c19-18(20,21)13-2-1-12(15-23-24-16(26)27-15)11-14(13)25-9-5-17(6-10-25)3-7-22-8-4-17;/h1-2,11,22H,3-10H2,(H,24,26);1H. The van der Waals surface area contributed by atoms with Crippen LogP contribution in [0.4, 0.5) is 18.9 Å². The van der Waals surface area contributed by atoms with Gasteiger partial charge in [0.2, 0.25) is 5.89 Å². The van der Waals surface area contributed by atoms with Crippen LogP contribution in [-0.4, -0.2) is 36.4 Å². The highest BCUT2D eigenvalue weighted by Crippen LogP contribution is 2.44. The van der Waals surface area contributed by atoms with Gasteiger partial charge in [-0.15, -0.1) is 17.5 Å². The molecule has 154 valence electrons. The average Bonchev–Trinajstić information content (AvgIpc) is 3.08. The van der Waals surface area contributed by atoms with E-state index in [1.807, 2.05) is 0 Å². The number of nitrogens with one attached hydrogen (secondary N) is 2. The van der Waals surface area contributed by atoms with Gasteiger partial charge < -0.3 is 14.6 Å². The first kappa shape index (κ1) is 20.7. The number of piperidine rings is 2. The highest BCUT2D eigenvalue weighted by molar-refractivity contribution is 5.85. The molecule has 28 heavy (non-hydrogen) atoms. The summed E-state index contributed by atoms with van der Waals surface area (Å²) in [5.74, 6) is -0.751. The second-order valence-corrected chi connectivity index (χ2v) is 7.39. The SMILES string of the molecule is Cl.O=c1[nH]nc(-c2ccc(C(F)(F)F)c(N3CCC4(CCNCC4)CC3)c2)o1. The van der Waals surface area contributed by atoms with Crippen molar-refractivity contribution >= 4 is 18.1 Å². The fourth-order valence-electron chi connectivity index (χ4n) is 4.20. The lowest BCUT2D eigenvalue weighted by Crippen LogP contribution is -2.46. The van der Waals surface area contributed by atoms with Crippen LogP contribution in [0.15, 0.2) is 27.4 Å². The lowest BCUT2D eigenvalue weighted by Gasteiger charge is -2.45. The van der Waals surface area contributed by atoms with Crippen LogP contribution in [-0.2, 0) is 6.18 Å². The second kappa shape index (κ2) is 7.79. The first-order valence-corrected chi connectivity index (χ1v) is 9.09. The molecule has 2 aromatic rings. The maximum absolute atomic E-state index is 13.6. The zero-order valence-corrected chi connectivity index (χ0v) is 16.0. The van der Waals surface area contributed by atoms with Gasteiger partial charge in [0.15, 0.2) is 0 Å². The predicted molar refractivity (Wildman–Crippen MR) is 101 cm³/mol. The second-order valence-electron chi connectivity index (χ2n) is 7.39. The molecule has 3 heterocycles. The third-order valence-electron chi connectivity index (χ3n) is 5.82. The number of alkyl halides is 3. The van der Waals surface area contributed by atoms with E-state index in [0.29, 0.717) is 18.7 Å². The Hall–Kier alpha value is -2.00. The van der Waals surface area contributed by atoms with Gasteiger partial charge in [-0.3, -0.25) is 0 Å². The van der Waals surface area contributed by atoms with E-state index in [9.17, 15) is 18.0 Å². The van der Waals surface area contributed by atoms with Crippen molar-refractivity contribution in [3.8, 4) is 11.5 Å². The first-order valence-electron chi connectivity index (χ1n) is 9.09. The van der Waals surface area contributed by atoms with E-state index in [1.54, 1.807) is 4.90 Å². The summed E-state index contributed by atoms with van der Waals surface area (Å²) in [5.41, 5.74) is 0.0329. The Morgan fingerprint density at radius 1 is 1.11 bits per heavy atom. The van der Waals surface area contributed by atoms with Gasteiger partial charge in [0.1, 0.15) is 0 Å². The van der Waals surface area contributed by atoms with Crippen molar-refractivity contribution in [2.24, 2.45) is 5.41 Å². The maximum atomic E-state index is 13.6. The van der Waals surface area contributed by atoms with Crippen LogP contribution in [0, 0.1) is 5.41 Å². The van der Waals surface area contributed by atoms with E-state index in [0.717, 1.165) is 44.8 Å². The molecule has 4 rings (SSSR count). The fourth-order valence-corrected chi connectivity index (χ4v) is 4.20. The van der Waals surface area contributed by atoms with Crippen LogP contribution in [0.3, 0.4) is 0 Å². The third kappa shape index (κ3) is 4.05. The van der Waals surface area contributed by atoms with Crippen molar-refractivity contribution in [2.75, 3.05) is 31.1 Å². The Bertz CT molecular complexity index is 864. The summed E-state index contributed by atoms with van der Waals surface area (Å²) in [7, 11) is 0. The lowest BCUT2D eigenvalue weighted by atomic mass is 9.71. The maximum Gasteiger partial charge on any atom is 0.434 e. The van der Waals surface area contributed by atoms with Gasteiger partial charge in [-0.05, 0) is 62.4 Å². The largest absolute Gasteiger partial charge is 0.434 e. The van der Waals surface area contributed by atoms with Gasteiger partial charge in [0.25, 0.3) is 0 Å². The molecule has 0 radical (unpaired) electrons. The van der Waals surface area contributed by atoms with Crippen molar-refractivity contribution in [1.29, 1.82) is 0 Å². The lowest BCUT2D eigenvalue weighted by molar-refractivity contribution is -0.137. The van der Waals surface area contributed by atoms with Crippen LogP contribution in [0.25, 0.3) is 11.5 Å². The molecule has 0 aliphatic carbocycles. The number of hydrogen-bond acceptors (Lipinski definition) is 5. The Morgan fingerprint density at radius 3 is 2.36 bits per heavy atom. The smallest absolute Gasteiger partial charge is 0.388 e. The summed E-state index contributed by atoms with van der Waals surface area (Å²) in [4.78, 5) is 13.0. The zero-order valence-electron chi connectivity index (χ0n) is 15.1. The van der Waals surface area contributed by atoms with Gasteiger partial charge in [-0.1, -0.05) is 0 Å². The molecule has 0 bridgehead atoms. The Kier molecular flexibility index (Phi) is 5.77. The minimum atomic E-state index is -4.45. The fraction of sp³-hybridized carbons (Fsp3) is 0.556. The van der Waals surface area contributed by atoms with Crippen LogP contribution in [0.5, 0.6) is 0 Å². The van der Waals surface area contributed by atoms with Crippen molar-refractivity contribution in [3.05, 3.63) is 34.3 Å². The number of aromatic amines is 1. The van der Waals surface area contributed by atoms with Gasteiger partial charge in [-0.25, -0.2) is 9.89 Å². The zero-order chi connectivity index (χ0) is 19.1. The van der Waals surface area contributed by atoms with Crippen molar-refractivity contribution in [1.82, 2.24) is 15.5 Å². The number of hydrogen-bond donors (Lipinski definition) is 2. The number of nitrogens with zero attached hydrogens (tertiary/aromatic N) is 2. The molecule has 0 unspecified atom stereocenters. The van der Waals surface area contributed by atoms with E-state index >= 15 is 0 Å². The molecule has 10 heteroatoms. The van der Waals surface area contributed by atoms with Gasteiger partial charge in [-0.2, -0.15) is 13.2 Å². The summed E-state index contributed by atoms with van der Waals surface area (Å²) in [5, 5.41) is 9.20. The van der Waals surface area contributed by atoms with Crippen molar-refractivity contribution in [3.63, 3.8) is 0 Å². The summed E-state index contributed by atoms with van der Waals surface area (Å²) >= 11 is 0. The number of halogens is 4. The number of anilines is 1. The predicted octanol–water partition coefficient (Wildman–Crippen LogP) is 3.44. The van der Waals surface area contributed by atoms with Crippen molar-refractivity contribution in [2.45, 2.75) is 31.9 Å². The molecule has 2 saturated heterocycles. The van der Waals surface area contributed by atoms with E-state index in [-0.39, 0.29) is 29.4 Å². The molecule has 1 spiro atoms. The van der Waals surface area contributed by atoms with E-state index < -0.39 is 17.5 Å². The van der Waals surface area contributed by atoms with E-state index in [2.05, 4.69) is 15.5 Å². The summed E-state index contributed by atoms with van der Waals surface area (Å²) in [6.07, 6.45) is -0.539. The molecular formula is C18H22ClF3N4O2. The molecule has 0 atom stereocenters. The molecule has 0 saturated carbocycles. The highest BCUT2D eigenvalue weighted by Gasteiger charge is 2.39. The summed E-state index contributed by atoms with van der Waals surface area (Å²) in [6, 6.07) is 3.74. The Labute approximate surface area is 165 Å². The summed E-state index contributed by atoms with van der Waals surface area (Å²) in [6.45, 7) is 3.11. The quantitative estimate of drug-likeness (QED) is 0.781.